The van der Waals surface area contributed by atoms with Crippen molar-refractivity contribution in [2.45, 2.75) is 13.0 Å². The largest absolute Gasteiger partial charge is 0.341 e. The summed E-state index contributed by atoms with van der Waals surface area (Å²) in [5, 5.41) is 0.595. The van der Waals surface area contributed by atoms with E-state index in [0.717, 1.165) is 5.56 Å². The molecule has 2 amide bonds. The molecule has 1 fully saturated rings. The van der Waals surface area contributed by atoms with Crippen LogP contribution in [0, 0.1) is 11.7 Å². The molecule has 6 heteroatoms. The highest BCUT2D eigenvalue weighted by Gasteiger charge is 2.37. The van der Waals surface area contributed by atoms with Crippen molar-refractivity contribution in [2.75, 3.05) is 18.5 Å². The van der Waals surface area contributed by atoms with Gasteiger partial charge in [-0.15, -0.1) is 0 Å². The van der Waals surface area contributed by atoms with Gasteiger partial charge >= 0.3 is 0 Å². The summed E-state index contributed by atoms with van der Waals surface area (Å²) in [5.74, 6) is -1.34. The summed E-state index contributed by atoms with van der Waals surface area (Å²) in [7, 11) is 1.68. The SMILES string of the molecule is CN(Cc1ccccc1Cl)C(=O)C1CC(=O)N(c2ccccc2F)C1. The molecule has 0 aliphatic carbocycles. The fraction of sp³-hybridized carbons (Fsp3) is 0.263. The van der Waals surface area contributed by atoms with Crippen molar-refractivity contribution in [3.8, 4) is 0 Å². The van der Waals surface area contributed by atoms with E-state index < -0.39 is 11.7 Å². The number of amides is 2. The van der Waals surface area contributed by atoms with Gasteiger partial charge in [-0.2, -0.15) is 0 Å². The second-order valence-electron chi connectivity index (χ2n) is 6.14. The predicted octanol–water partition coefficient (Wildman–Crippen LogP) is 3.49. The lowest BCUT2D eigenvalue weighted by atomic mass is 10.1. The highest BCUT2D eigenvalue weighted by atomic mass is 35.5. The van der Waals surface area contributed by atoms with Gasteiger partial charge in [0.25, 0.3) is 0 Å². The van der Waals surface area contributed by atoms with Crippen LogP contribution in [0.1, 0.15) is 12.0 Å². The number of carbonyl (C=O) groups excluding carboxylic acids is 2. The molecular formula is C19H18ClFN2O2. The van der Waals surface area contributed by atoms with Gasteiger partial charge in [0.15, 0.2) is 0 Å². The summed E-state index contributed by atoms with van der Waals surface area (Å²) in [6.07, 6.45) is 0.0834. The van der Waals surface area contributed by atoms with Crippen molar-refractivity contribution in [1.82, 2.24) is 4.90 Å². The number of halogens is 2. The molecule has 1 saturated heterocycles. The molecule has 2 aromatic carbocycles. The zero-order valence-corrected chi connectivity index (χ0v) is 14.5. The highest BCUT2D eigenvalue weighted by molar-refractivity contribution is 6.31. The molecule has 0 radical (unpaired) electrons. The van der Waals surface area contributed by atoms with Crippen molar-refractivity contribution >= 4 is 29.1 Å². The number of benzene rings is 2. The van der Waals surface area contributed by atoms with Crippen LogP contribution in [-0.4, -0.2) is 30.3 Å². The average molecular weight is 361 g/mol. The molecule has 130 valence electrons. The summed E-state index contributed by atoms with van der Waals surface area (Å²) in [6, 6.07) is 13.4. The van der Waals surface area contributed by atoms with Crippen molar-refractivity contribution in [1.29, 1.82) is 0 Å². The molecule has 4 nitrogen and oxygen atoms in total. The third-order valence-electron chi connectivity index (χ3n) is 4.36. The molecule has 1 atom stereocenters. The van der Waals surface area contributed by atoms with Gasteiger partial charge in [-0.05, 0) is 23.8 Å². The van der Waals surface area contributed by atoms with Crippen molar-refractivity contribution in [2.24, 2.45) is 5.92 Å². The number of nitrogens with zero attached hydrogens (tertiary/aromatic N) is 2. The van der Waals surface area contributed by atoms with Gasteiger partial charge in [0.2, 0.25) is 11.8 Å². The Bertz CT molecular complexity index is 812. The van der Waals surface area contributed by atoms with Crippen LogP contribution >= 0.6 is 11.6 Å². The third-order valence-corrected chi connectivity index (χ3v) is 4.73. The van der Waals surface area contributed by atoms with Crippen LogP contribution in [0.5, 0.6) is 0 Å². The Morgan fingerprint density at radius 3 is 2.64 bits per heavy atom. The van der Waals surface area contributed by atoms with Gasteiger partial charge in [0, 0.05) is 31.6 Å². The normalized spacial score (nSPS) is 17.0. The lowest BCUT2D eigenvalue weighted by Crippen LogP contribution is -2.34. The van der Waals surface area contributed by atoms with Crippen LogP contribution in [-0.2, 0) is 16.1 Å². The number of hydrogen-bond acceptors (Lipinski definition) is 2. The lowest BCUT2D eigenvalue weighted by molar-refractivity contribution is -0.135. The molecular weight excluding hydrogens is 343 g/mol. The zero-order valence-electron chi connectivity index (χ0n) is 13.8. The molecule has 3 rings (SSSR count). The Hall–Kier alpha value is -2.40. The number of rotatable bonds is 4. The Morgan fingerprint density at radius 2 is 1.92 bits per heavy atom. The van der Waals surface area contributed by atoms with E-state index in [9.17, 15) is 14.0 Å². The van der Waals surface area contributed by atoms with Crippen LogP contribution < -0.4 is 4.90 Å². The molecule has 1 unspecified atom stereocenters. The van der Waals surface area contributed by atoms with Crippen LogP contribution in [0.25, 0.3) is 0 Å². The van der Waals surface area contributed by atoms with E-state index in [1.165, 1.54) is 11.0 Å². The standard InChI is InChI=1S/C19H18ClFN2O2/c1-22(11-13-6-2-3-7-15(13)20)19(25)14-10-18(24)23(12-14)17-9-5-4-8-16(17)21/h2-9,14H,10-12H2,1H3. The van der Waals surface area contributed by atoms with Crippen molar-refractivity contribution < 1.29 is 14.0 Å². The maximum Gasteiger partial charge on any atom is 0.228 e. The molecule has 1 aliphatic heterocycles. The van der Waals surface area contributed by atoms with Crippen LogP contribution in [0.15, 0.2) is 48.5 Å². The van der Waals surface area contributed by atoms with Crippen molar-refractivity contribution in [3.05, 3.63) is 64.9 Å². The number of carbonyl (C=O) groups is 2. The first kappa shape index (κ1) is 17.4. The quantitative estimate of drug-likeness (QED) is 0.837. The van der Waals surface area contributed by atoms with Gasteiger partial charge < -0.3 is 9.80 Å². The van der Waals surface area contributed by atoms with E-state index in [1.54, 1.807) is 36.2 Å². The summed E-state index contributed by atoms with van der Waals surface area (Å²) in [4.78, 5) is 27.8. The smallest absolute Gasteiger partial charge is 0.228 e. The second kappa shape index (κ2) is 7.23. The molecule has 0 N–H and O–H groups in total. The second-order valence-corrected chi connectivity index (χ2v) is 6.55. The lowest BCUT2D eigenvalue weighted by Gasteiger charge is -2.22. The molecule has 25 heavy (non-hydrogen) atoms. The molecule has 0 saturated carbocycles. The fourth-order valence-electron chi connectivity index (χ4n) is 3.05. The van der Waals surface area contributed by atoms with E-state index in [1.807, 2.05) is 18.2 Å². The highest BCUT2D eigenvalue weighted by Crippen LogP contribution is 2.28. The minimum absolute atomic E-state index is 0.0834. The minimum atomic E-state index is -0.486. The van der Waals surface area contributed by atoms with Gasteiger partial charge in [0.1, 0.15) is 5.82 Å². The van der Waals surface area contributed by atoms with E-state index in [4.69, 9.17) is 11.6 Å². The summed E-state index contributed by atoms with van der Waals surface area (Å²) < 4.78 is 13.9. The summed E-state index contributed by atoms with van der Waals surface area (Å²) in [6.45, 7) is 0.550. The summed E-state index contributed by atoms with van der Waals surface area (Å²) in [5.41, 5.74) is 1.06. The molecule has 0 bridgehead atoms. The average Bonchev–Trinajstić information content (AvgIpc) is 2.98. The monoisotopic (exact) mass is 360 g/mol. The van der Waals surface area contributed by atoms with E-state index in [2.05, 4.69) is 0 Å². The van der Waals surface area contributed by atoms with Crippen LogP contribution in [0.3, 0.4) is 0 Å². The minimum Gasteiger partial charge on any atom is -0.341 e. The topological polar surface area (TPSA) is 40.6 Å². The van der Waals surface area contributed by atoms with Crippen molar-refractivity contribution in [3.63, 3.8) is 0 Å². The maximum atomic E-state index is 13.9. The zero-order chi connectivity index (χ0) is 18.0. The molecule has 0 spiro atoms. The number of anilines is 1. The Kier molecular flexibility index (Phi) is 5.04. The van der Waals surface area contributed by atoms with Gasteiger partial charge in [-0.25, -0.2) is 4.39 Å². The summed E-state index contributed by atoms with van der Waals surface area (Å²) >= 11 is 6.13. The first-order valence-corrected chi connectivity index (χ1v) is 8.38. The third kappa shape index (κ3) is 3.66. The van der Waals surface area contributed by atoms with Gasteiger partial charge in [0.05, 0.1) is 11.6 Å². The molecule has 1 aliphatic rings. The molecule has 2 aromatic rings. The molecule has 1 heterocycles. The van der Waals surface area contributed by atoms with Gasteiger partial charge in [-0.1, -0.05) is 41.9 Å². The first-order chi connectivity index (χ1) is 12.0. The van der Waals surface area contributed by atoms with E-state index in [-0.39, 0.29) is 30.5 Å². The number of para-hydroxylation sites is 1. The van der Waals surface area contributed by atoms with Gasteiger partial charge in [-0.3, -0.25) is 9.59 Å². The van der Waals surface area contributed by atoms with Crippen LogP contribution in [0.4, 0.5) is 10.1 Å². The maximum absolute atomic E-state index is 13.9. The Balaban J connectivity index is 1.70. The Labute approximate surface area is 150 Å². The van der Waals surface area contributed by atoms with Crippen LogP contribution in [0.2, 0.25) is 5.02 Å². The predicted molar refractivity (Wildman–Crippen MR) is 94.8 cm³/mol. The molecule has 0 aromatic heterocycles. The Morgan fingerprint density at radius 1 is 1.24 bits per heavy atom. The van der Waals surface area contributed by atoms with E-state index in [0.29, 0.717) is 11.6 Å². The van der Waals surface area contributed by atoms with E-state index >= 15 is 0 Å². The number of hydrogen-bond donors (Lipinski definition) is 0. The first-order valence-electron chi connectivity index (χ1n) is 8.00. The fourth-order valence-corrected chi connectivity index (χ4v) is 3.24.